The number of carbonyl (C=O) groups excluding carboxylic acids is 4. The van der Waals surface area contributed by atoms with Gasteiger partial charge in [-0.3, -0.25) is 14.4 Å². The second-order valence-corrected chi connectivity index (χ2v) is 3.37. The molecule has 1 heterocycles. The molecule has 0 spiro atoms. The summed E-state index contributed by atoms with van der Waals surface area (Å²) in [5.41, 5.74) is 4.88. The second-order valence-electron chi connectivity index (χ2n) is 3.37. The first-order chi connectivity index (χ1) is 7.50. The van der Waals surface area contributed by atoms with Crippen LogP contribution in [0.3, 0.4) is 0 Å². The lowest BCUT2D eigenvalue weighted by Gasteiger charge is -2.11. The summed E-state index contributed by atoms with van der Waals surface area (Å²) in [7, 11) is 0. The van der Waals surface area contributed by atoms with Crippen LogP contribution in [0.1, 0.15) is 33.5 Å². The van der Waals surface area contributed by atoms with Crippen LogP contribution in [0.2, 0.25) is 0 Å². The molecular weight excluding hydrogens is 216 g/mol. The molecule has 0 bridgehead atoms. The number of rotatable bonds is 5. The van der Waals surface area contributed by atoms with Crippen LogP contribution in [0.25, 0.3) is 0 Å². The van der Waals surface area contributed by atoms with E-state index in [1.165, 1.54) is 0 Å². The van der Waals surface area contributed by atoms with Gasteiger partial charge in [-0.05, 0) is 6.42 Å². The summed E-state index contributed by atoms with van der Waals surface area (Å²) in [5, 5.41) is 0.479. The Bertz CT molecular complexity index is 328. The maximum Gasteiger partial charge on any atom is 0.333 e. The zero-order valence-electron chi connectivity index (χ0n) is 8.60. The summed E-state index contributed by atoms with van der Waals surface area (Å²) in [6, 6.07) is 0. The van der Waals surface area contributed by atoms with Gasteiger partial charge in [0.2, 0.25) is 5.91 Å². The van der Waals surface area contributed by atoms with Crippen molar-refractivity contribution in [3.63, 3.8) is 0 Å². The first-order valence-corrected chi connectivity index (χ1v) is 4.85. The summed E-state index contributed by atoms with van der Waals surface area (Å²) in [6.45, 7) is 0. The smallest absolute Gasteiger partial charge is 0.333 e. The summed E-state index contributed by atoms with van der Waals surface area (Å²) in [5.74, 6) is -2.27. The van der Waals surface area contributed by atoms with Crippen molar-refractivity contribution in [2.24, 2.45) is 5.73 Å². The molecule has 0 aliphatic carbocycles. The van der Waals surface area contributed by atoms with E-state index in [1.54, 1.807) is 0 Å². The van der Waals surface area contributed by atoms with E-state index in [1.807, 2.05) is 0 Å². The van der Waals surface area contributed by atoms with Gasteiger partial charge < -0.3 is 10.6 Å². The zero-order chi connectivity index (χ0) is 12.1. The molecule has 3 amide bonds. The summed E-state index contributed by atoms with van der Waals surface area (Å²) in [4.78, 5) is 48.2. The minimum absolute atomic E-state index is 0. The van der Waals surface area contributed by atoms with Crippen molar-refractivity contribution in [1.29, 1.82) is 0 Å². The lowest BCUT2D eigenvalue weighted by molar-refractivity contribution is -0.197. The molecular formula is C9H14N2O5. The van der Waals surface area contributed by atoms with Gasteiger partial charge in [0.1, 0.15) is 0 Å². The van der Waals surface area contributed by atoms with Crippen molar-refractivity contribution in [3.8, 4) is 0 Å². The van der Waals surface area contributed by atoms with E-state index in [2.05, 4.69) is 4.84 Å². The molecule has 16 heavy (non-hydrogen) atoms. The van der Waals surface area contributed by atoms with Crippen LogP contribution in [-0.4, -0.2) is 28.8 Å². The molecule has 0 aromatic heterocycles. The summed E-state index contributed by atoms with van der Waals surface area (Å²) < 4.78 is 0. The van der Waals surface area contributed by atoms with Gasteiger partial charge in [0.15, 0.2) is 0 Å². The Labute approximate surface area is 93.0 Å². The molecule has 1 rings (SSSR count). The molecule has 1 saturated heterocycles. The topological polar surface area (TPSA) is 107 Å². The predicted octanol–water partition coefficient (Wildman–Crippen LogP) is -0.505. The maximum absolute atomic E-state index is 11.2. The molecule has 0 radical (unpaired) electrons. The average molecular weight is 230 g/mol. The highest BCUT2D eigenvalue weighted by Crippen LogP contribution is 2.13. The number of primary amides is 1. The van der Waals surface area contributed by atoms with Crippen molar-refractivity contribution >= 4 is 23.7 Å². The van der Waals surface area contributed by atoms with E-state index in [0.29, 0.717) is 5.06 Å². The molecule has 90 valence electrons. The standard InChI is InChI=1S/C9H12N2O5.H2/c10-6(12)2-1-3-9(15)16-11-7(13)4-5-8(11)14;/h1-5H2,(H2,10,12);1H. The van der Waals surface area contributed by atoms with Gasteiger partial charge in [-0.2, -0.15) is 0 Å². The molecule has 2 N–H and O–H groups in total. The second kappa shape index (κ2) is 5.24. The lowest BCUT2D eigenvalue weighted by atomic mass is 10.2. The SMILES string of the molecule is NC(=O)CCCC(=O)ON1C(=O)CCC1=O.[HH]. The van der Waals surface area contributed by atoms with Gasteiger partial charge in [0, 0.05) is 27.1 Å². The van der Waals surface area contributed by atoms with Crippen LogP contribution >= 0.6 is 0 Å². The molecule has 0 unspecified atom stereocenters. The number of hydroxylamine groups is 2. The minimum Gasteiger partial charge on any atom is -0.370 e. The molecule has 7 nitrogen and oxygen atoms in total. The van der Waals surface area contributed by atoms with E-state index >= 15 is 0 Å². The Kier molecular flexibility index (Phi) is 3.98. The molecule has 0 atom stereocenters. The van der Waals surface area contributed by atoms with Crippen molar-refractivity contribution in [3.05, 3.63) is 0 Å². The van der Waals surface area contributed by atoms with E-state index in [0.717, 1.165) is 0 Å². The maximum atomic E-state index is 11.2. The van der Waals surface area contributed by atoms with Crippen molar-refractivity contribution in [2.75, 3.05) is 0 Å². The predicted molar refractivity (Wildman–Crippen MR) is 52.3 cm³/mol. The molecule has 1 aliphatic rings. The van der Waals surface area contributed by atoms with Crippen molar-refractivity contribution in [2.45, 2.75) is 32.1 Å². The first kappa shape index (κ1) is 12.2. The van der Waals surface area contributed by atoms with Crippen LogP contribution in [0, 0.1) is 0 Å². The molecule has 0 aromatic carbocycles. The van der Waals surface area contributed by atoms with Crippen LogP contribution in [-0.2, 0) is 24.0 Å². The number of hydrogen-bond donors (Lipinski definition) is 1. The minimum atomic E-state index is -0.718. The third kappa shape index (κ3) is 3.34. The molecule has 1 fully saturated rings. The highest BCUT2D eigenvalue weighted by molar-refractivity contribution is 6.01. The molecule has 7 heteroatoms. The van der Waals surface area contributed by atoms with E-state index in [-0.39, 0.29) is 33.5 Å². The molecule has 0 saturated carbocycles. The highest BCUT2D eigenvalue weighted by atomic mass is 16.7. The first-order valence-electron chi connectivity index (χ1n) is 4.85. The Morgan fingerprint density at radius 2 is 1.81 bits per heavy atom. The largest absolute Gasteiger partial charge is 0.370 e. The normalized spacial score (nSPS) is 15.4. The number of nitrogens with two attached hydrogens (primary N) is 1. The van der Waals surface area contributed by atoms with Crippen molar-refractivity contribution < 1.29 is 25.4 Å². The number of carbonyl (C=O) groups is 4. The lowest BCUT2D eigenvalue weighted by Crippen LogP contribution is -2.32. The van der Waals surface area contributed by atoms with E-state index in [9.17, 15) is 19.2 Å². The van der Waals surface area contributed by atoms with Gasteiger partial charge in [0.05, 0.1) is 0 Å². The van der Waals surface area contributed by atoms with Crippen LogP contribution in [0.5, 0.6) is 0 Å². The van der Waals surface area contributed by atoms with Gasteiger partial charge in [-0.1, -0.05) is 0 Å². The third-order valence-electron chi connectivity index (χ3n) is 2.00. The Hall–Kier alpha value is -1.92. The number of hydrogen-bond acceptors (Lipinski definition) is 5. The zero-order valence-corrected chi connectivity index (χ0v) is 8.60. The Morgan fingerprint density at radius 3 is 2.31 bits per heavy atom. The van der Waals surface area contributed by atoms with Gasteiger partial charge in [-0.25, -0.2) is 4.79 Å². The van der Waals surface area contributed by atoms with Crippen LogP contribution in [0.15, 0.2) is 0 Å². The number of nitrogens with zero attached hydrogens (tertiary/aromatic N) is 1. The Morgan fingerprint density at radius 1 is 1.25 bits per heavy atom. The fourth-order valence-electron chi connectivity index (χ4n) is 1.21. The van der Waals surface area contributed by atoms with E-state index in [4.69, 9.17) is 5.73 Å². The Balaban J connectivity index is 0.00000256. The van der Waals surface area contributed by atoms with Crippen LogP contribution in [0.4, 0.5) is 0 Å². The van der Waals surface area contributed by atoms with Crippen LogP contribution < -0.4 is 5.73 Å². The third-order valence-corrected chi connectivity index (χ3v) is 2.00. The molecule has 0 aromatic rings. The summed E-state index contributed by atoms with van der Waals surface area (Å²) >= 11 is 0. The average Bonchev–Trinajstić information content (AvgIpc) is 2.49. The fourth-order valence-corrected chi connectivity index (χ4v) is 1.21. The van der Waals surface area contributed by atoms with Crippen molar-refractivity contribution in [1.82, 2.24) is 5.06 Å². The van der Waals surface area contributed by atoms with Gasteiger partial charge in [-0.15, -0.1) is 5.06 Å². The molecule has 1 aliphatic heterocycles. The summed E-state index contributed by atoms with van der Waals surface area (Å²) in [6.07, 6.45) is 0.377. The number of imide groups is 1. The highest BCUT2D eigenvalue weighted by Gasteiger charge is 2.32. The van der Waals surface area contributed by atoms with Gasteiger partial charge >= 0.3 is 5.97 Å². The monoisotopic (exact) mass is 230 g/mol. The quantitative estimate of drug-likeness (QED) is 0.640. The fraction of sp³-hybridized carbons (Fsp3) is 0.556. The van der Waals surface area contributed by atoms with Gasteiger partial charge in [0.25, 0.3) is 11.8 Å². The number of amides is 3. The van der Waals surface area contributed by atoms with E-state index < -0.39 is 23.7 Å².